The van der Waals surface area contributed by atoms with Gasteiger partial charge in [0, 0.05) is 18.5 Å². The molecule has 1 rings (SSSR count). The Kier molecular flexibility index (Phi) is 3.46. The number of carbonyl (C=O) groups excluding carboxylic acids is 1. The molecule has 86 valence electrons. The number of sulfone groups is 1. The van der Waals surface area contributed by atoms with Crippen LogP contribution in [0.2, 0.25) is 0 Å². The standard InChI is InChI=1S/C8H15N3O3S/c1-6-7(5-9)8(12)11(10-6)3-4-15(2,13)14/h7H,3-5,9H2,1-2H3. The van der Waals surface area contributed by atoms with Crippen molar-refractivity contribution in [3.05, 3.63) is 0 Å². The van der Waals surface area contributed by atoms with Crippen LogP contribution in [0, 0.1) is 5.92 Å². The molecule has 0 bridgehead atoms. The quantitative estimate of drug-likeness (QED) is 0.661. The zero-order valence-corrected chi connectivity index (χ0v) is 9.62. The zero-order chi connectivity index (χ0) is 11.6. The summed E-state index contributed by atoms with van der Waals surface area (Å²) in [6.45, 7) is 2.03. The van der Waals surface area contributed by atoms with E-state index in [4.69, 9.17) is 5.73 Å². The van der Waals surface area contributed by atoms with Gasteiger partial charge in [-0.2, -0.15) is 5.10 Å². The molecule has 1 atom stereocenters. The summed E-state index contributed by atoms with van der Waals surface area (Å²) < 4.78 is 21.8. The predicted octanol–water partition coefficient (Wildman–Crippen LogP) is -1.18. The smallest absolute Gasteiger partial charge is 0.252 e. The van der Waals surface area contributed by atoms with E-state index in [-0.39, 0.29) is 30.7 Å². The van der Waals surface area contributed by atoms with Crippen LogP contribution < -0.4 is 5.73 Å². The van der Waals surface area contributed by atoms with Crippen LogP contribution in [0.15, 0.2) is 5.10 Å². The highest BCUT2D eigenvalue weighted by Crippen LogP contribution is 2.14. The fourth-order valence-corrected chi connectivity index (χ4v) is 1.86. The molecule has 0 spiro atoms. The molecule has 1 aliphatic rings. The normalized spacial score (nSPS) is 22.1. The summed E-state index contributed by atoms with van der Waals surface area (Å²) in [5, 5.41) is 5.17. The van der Waals surface area contributed by atoms with Crippen molar-refractivity contribution in [2.24, 2.45) is 16.8 Å². The summed E-state index contributed by atoms with van der Waals surface area (Å²) in [4.78, 5) is 11.6. The monoisotopic (exact) mass is 233 g/mol. The van der Waals surface area contributed by atoms with Gasteiger partial charge < -0.3 is 5.73 Å². The van der Waals surface area contributed by atoms with E-state index in [1.807, 2.05) is 0 Å². The van der Waals surface area contributed by atoms with Crippen molar-refractivity contribution in [1.29, 1.82) is 0 Å². The van der Waals surface area contributed by atoms with Crippen molar-refractivity contribution in [2.45, 2.75) is 6.92 Å². The van der Waals surface area contributed by atoms with E-state index in [1.54, 1.807) is 6.92 Å². The highest BCUT2D eigenvalue weighted by molar-refractivity contribution is 7.90. The van der Waals surface area contributed by atoms with Crippen molar-refractivity contribution in [3.8, 4) is 0 Å². The maximum Gasteiger partial charge on any atom is 0.252 e. The molecule has 0 aromatic heterocycles. The highest BCUT2D eigenvalue weighted by atomic mass is 32.2. The second-order valence-corrected chi connectivity index (χ2v) is 5.88. The van der Waals surface area contributed by atoms with Crippen LogP contribution in [0.5, 0.6) is 0 Å². The lowest BCUT2D eigenvalue weighted by molar-refractivity contribution is -0.131. The molecule has 0 aromatic carbocycles. The molecule has 15 heavy (non-hydrogen) atoms. The molecule has 7 heteroatoms. The second kappa shape index (κ2) is 4.28. The number of rotatable bonds is 4. The highest BCUT2D eigenvalue weighted by Gasteiger charge is 2.32. The minimum absolute atomic E-state index is 0.0766. The van der Waals surface area contributed by atoms with Gasteiger partial charge in [-0.1, -0.05) is 0 Å². The lowest BCUT2D eigenvalue weighted by Gasteiger charge is -2.12. The first kappa shape index (κ1) is 12.1. The number of nitrogens with two attached hydrogens (primary N) is 1. The molecular weight excluding hydrogens is 218 g/mol. The van der Waals surface area contributed by atoms with Gasteiger partial charge in [-0.25, -0.2) is 13.4 Å². The molecule has 1 aliphatic heterocycles. The van der Waals surface area contributed by atoms with Crippen molar-refractivity contribution < 1.29 is 13.2 Å². The van der Waals surface area contributed by atoms with E-state index in [0.717, 1.165) is 6.26 Å². The summed E-state index contributed by atoms with van der Waals surface area (Å²) in [5.74, 6) is -0.671. The number of amides is 1. The third-order valence-corrected chi connectivity index (χ3v) is 3.17. The topological polar surface area (TPSA) is 92.8 Å². The first-order valence-corrected chi connectivity index (χ1v) is 6.65. The molecule has 0 radical (unpaired) electrons. The van der Waals surface area contributed by atoms with Crippen LogP contribution in [-0.4, -0.2) is 50.1 Å². The van der Waals surface area contributed by atoms with Crippen molar-refractivity contribution in [2.75, 3.05) is 25.1 Å². The molecular formula is C8H15N3O3S. The maximum absolute atomic E-state index is 11.6. The van der Waals surface area contributed by atoms with Gasteiger partial charge in [-0.15, -0.1) is 0 Å². The van der Waals surface area contributed by atoms with Crippen LogP contribution in [-0.2, 0) is 14.6 Å². The molecule has 0 saturated carbocycles. The fourth-order valence-electron chi connectivity index (χ4n) is 1.35. The number of hydrogen-bond donors (Lipinski definition) is 1. The van der Waals surface area contributed by atoms with Crippen LogP contribution in [0.25, 0.3) is 0 Å². The van der Waals surface area contributed by atoms with E-state index in [2.05, 4.69) is 5.10 Å². The molecule has 1 unspecified atom stereocenters. The Labute approximate surface area is 89.0 Å². The van der Waals surface area contributed by atoms with Crippen molar-refractivity contribution in [1.82, 2.24) is 5.01 Å². The molecule has 0 fully saturated rings. The van der Waals surface area contributed by atoms with Crippen LogP contribution in [0.1, 0.15) is 6.92 Å². The first-order valence-electron chi connectivity index (χ1n) is 4.59. The minimum atomic E-state index is -3.07. The summed E-state index contributed by atoms with van der Waals surface area (Å²) in [5.41, 5.74) is 6.06. The second-order valence-electron chi connectivity index (χ2n) is 3.62. The third-order valence-electron chi connectivity index (χ3n) is 2.24. The molecule has 0 aliphatic carbocycles. The summed E-state index contributed by atoms with van der Waals surface area (Å²) in [6, 6.07) is 0. The zero-order valence-electron chi connectivity index (χ0n) is 8.80. The van der Waals surface area contributed by atoms with Crippen LogP contribution in [0.4, 0.5) is 0 Å². The van der Waals surface area contributed by atoms with E-state index in [9.17, 15) is 13.2 Å². The summed E-state index contributed by atoms with van der Waals surface area (Å²) in [6.07, 6.45) is 1.13. The maximum atomic E-state index is 11.6. The van der Waals surface area contributed by atoms with Gasteiger partial charge in [0.15, 0.2) is 0 Å². The Balaban J connectivity index is 2.64. The van der Waals surface area contributed by atoms with Crippen molar-refractivity contribution in [3.63, 3.8) is 0 Å². The van der Waals surface area contributed by atoms with Gasteiger partial charge in [-0.05, 0) is 6.92 Å². The third kappa shape index (κ3) is 3.00. The van der Waals surface area contributed by atoms with Gasteiger partial charge in [0.25, 0.3) is 5.91 Å². The number of hydrogen-bond acceptors (Lipinski definition) is 5. The van der Waals surface area contributed by atoms with E-state index in [0.29, 0.717) is 5.71 Å². The Morgan fingerprint density at radius 1 is 1.53 bits per heavy atom. The summed E-state index contributed by atoms with van der Waals surface area (Å²) in [7, 11) is -3.07. The minimum Gasteiger partial charge on any atom is -0.329 e. The number of hydrazone groups is 1. The Bertz CT molecular complexity index is 388. The SMILES string of the molecule is CC1=NN(CCS(C)(=O)=O)C(=O)C1CN. The van der Waals surface area contributed by atoms with Gasteiger partial charge in [0.2, 0.25) is 0 Å². The van der Waals surface area contributed by atoms with E-state index < -0.39 is 9.84 Å². The largest absolute Gasteiger partial charge is 0.329 e. The van der Waals surface area contributed by atoms with Gasteiger partial charge >= 0.3 is 0 Å². The van der Waals surface area contributed by atoms with Gasteiger partial charge in [0.1, 0.15) is 9.84 Å². The van der Waals surface area contributed by atoms with Crippen LogP contribution >= 0.6 is 0 Å². The average molecular weight is 233 g/mol. The molecule has 6 nitrogen and oxygen atoms in total. The van der Waals surface area contributed by atoms with Crippen molar-refractivity contribution >= 4 is 21.5 Å². The molecule has 2 N–H and O–H groups in total. The molecule has 0 aromatic rings. The lowest BCUT2D eigenvalue weighted by atomic mass is 10.1. The fraction of sp³-hybridized carbons (Fsp3) is 0.750. The molecule has 1 amide bonds. The molecule has 1 heterocycles. The number of carbonyl (C=O) groups is 1. The summed E-state index contributed by atoms with van der Waals surface area (Å²) >= 11 is 0. The average Bonchev–Trinajstić information content (AvgIpc) is 2.37. The van der Waals surface area contributed by atoms with Gasteiger partial charge in [-0.3, -0.25) is 4.79 Å². The van der Waals surface area contributed by atoms with E-state index in [1.165, 1.54) is 5.01 Å². The predicted molar refractivity (Wildman–Crippen MR) is 57.1 cm³/mol. The number of nitrogens with zero attached hydrogens (tertiary/aromatic N) is 2. The Morgan fingerprint density at radius 2 is 2.13 bits per heavy atom. The van der Waals surface area contributed by atoms with Gasteiger partial charge in [0.05, 0.1) is 18.2 Å². The Hall–Kier alpha value is -0.950. The first-order chi connectivity index (χ1) is 6.85. The molecule has 0 saturated heterocycles. The van der Waals surface area contributed by atoms with Crippen LogP contribution in [0.3, 0.4) is 0 Å². The van der Waals surface area contributed by atoms with E-state index >= 15 is 0 Å². The Morgan fingerprint density at radius 3 is 2.53 bits per heavy atom. The lowest BCUT2D eigenvalue weighted by Crippen LogP contribution is -2.34.